The van der Waals surface area contributed by atoms with E-state index in [-0.39, 0.29) is 38.4 Å². The summed E-state index contributed by atoms with van der Waals surface area (Å²) in [5.41, 5.74) is 9.62. The van der Waals surface area contributed by atoms with Gasteiger partial charge in [-0.25, -0.2) is 13.2 Å². The van der Waals surface area contributed by atoms with E-state index in [9.17, 15) is 18.0 Å². The van der Waals surface area contributed by atoms with E-state index in [0.717, 1.165) is 32.6 Å². The van der Waals surface area contributed by atoms with Crippen LogP contribution >= 0.6 is 11.3 Å². The molecule has 1 atom stereocenters. The van der Waals surface area contributed by atoms with Crippen molar-refractivity contribution >= 4 is 43.9 Å². The molecule has 2 heterocycles. The van der Waals surface area contributed by atoms with Gasteiger partial charge in [0.05, 0.1) is 32.4 Å². The molecule has 5 rings (SSSR count). The van der Waals surface area contributed by atoms with Crippen LogP contribution in [0.2, 0.25) is 0 Å². The maximum absolute atomic E-state index is 14.6. The van der Waals surface area contributed by atoms with Gasteiger partial charge in [0.25, 0.3) is 5.56 Å². The molecule has 1 aromatic heterocycles. The maximum Gasteiger partial charge on any atom is 0.338 e. The lowest BCUT2D eigenvalue weighted by Crippen LogP contribution is -2.41. The van der Waals surface area contributed by atoms with Crippen LogP contribution in [0.25, 0.3) is 16.8 Å². The number of ether oxygens (including phenoxy) is 1. The van der Waals surface area contributed by atoms with Gasteiger partial charge in [0, 0.05) is 0 Å². The molecule has 4 aromatic rings. The molecule has 0 saturated heterocycles. The third kappa shape index (κ3) is 5.69. The fourth-order valence-corrected chi connectivity index (χ4v) is 8.52. The highest BCUT2D eigenvalue weighted by Gasteiger charge is 2.42. The number of nitrogens with two attached hydrogens (primary N) is 1. The van der Waals surface area contributed by atoms with Crippen molar-refractivity contribution in [1.29, 1.82) is 0 Å². The number of thiazole rings is 1. The second-order valence-corrected chi connectivity index (χ2v) is 14.3. The largest absolute Gasteiger partial charge is 0.463 e. The first kappa shape index (κ1) is 31.2. The number of rotatable bonds is 8. The summed E-state index contributed by atoms with van der Waals surface area (Å²) in [6.07, 6.45) is 1.72. The highest BCUT2D eigenvalue weighted by atomic mass is 32.2. The van der Waals surface area contributed by atoms with Gasteiger partial charge in [0.1, 0.15) is 10.5 Å². The molecule has 0 fully saturated rings. The highest BCUT2D eigenvalue weighted by Crippen LogP contribution is 2.42. The summed E-state index contributed by atoms with van der Waals surface area (Å²) in [4.78, 5) is 27.5. The van der Waals surface area contributed by atoms with E-state index in [1.165, 1.54) is 12.1 Å². The first-order valence-electron chi connectivity index (χ1n) is 14.6. The normalized spacial score (nSPS) is 15.7. The van der Waals surface area contributed by atoms with Gasteiger partial charge in [-0.15, -0.1) is 11.3 Å². The van der Waals surface area contributed by atoms with Gasteiger partial charge in [-0.3, -0.25) is 9.36 Å². The van der Waals surface area contributed by atoms with Crippen molar-refractivity contribution in [3.05, 3.63) is 126 Å². The average molecular weight is 629 g/mol. The number of hydrogen-bond donors (Lipinski definition) is 1. The summed E-state index contributed by atoms with van der Waals surface area (Å²) >= 11 is 1.05. The zero-order valence-electron chi connectivity index (χ0n) is 25.4. The molecular weight excluding hydrogens is 593 g/mol. The van der Waals surface area contributed by atoms with E-state index in [1.54, 1.807) is 31.2 Å². The second kappa shape index (κ2) is 12.4. The lowest BCUT2D eigenvalue weighted by molar-refractivity contribution is -0.138. The number of esters is 1. The molecule has 0 aliphatic carbocycles. The molecule has 1 aliphatic rings. The molecule has 7 nitrogen and oxygen atoms in total. The summed E-state index contributed by atoms with van der Waals surface area (Å²) < 4.78 is 36.1. The molecule has 2 N–H and O–H groups in total. The summed E-state index contributed by atoms with van der Waals surface area (Å²) in [7, 11) is -4.24. The number of carbonyl (C=O) groups excluding carboxylic acids is 1. The van der Waals surface area contributed by atoms with Gasteiger partial charge in [-0.2, -0.15) is 0 Å². The highest BCUT2D eigenvalue weighted by molar-refractivity contribution is 8.00. The third-order valence-corrected chi connectivity index (χ3v) is 10.9. The Morgan fingerprint density at radius 1 is 0.932 bits per heavy atom. The number of sulfone groups is 1. The number of benzene rings is 3. The number of carbonyl (C=O) groups is 1. The van der Waals surface area contributed by atoms with Crippen molar-refractivity contribution in [2.24, 2.45) is 5.73 Å². The van der Waals surface area contributed by atoms with Crippen LogP contribution < -0.4 is 20.5 Å². The Kier molecular flexibility index (Phi) is 8.81. The Bertz CT molecular complexity index is 2020. The molecule has 0 bridgehead atoms. The first-order chi connectivity index (χ1) is 20.9. The zero-order valence-corrected chi connectivity index (χ0v) is 27.0. The predicted octanol–water partition coefficient (Wildman–Crippen LogP) is 5.06. The SMILES string of the molecule is CCOC(=O)C1=C(N)n2c(s/c(=C\c3ccc(C(C)C)cc3)c2=O)=C(S(=O)(=O)c2ccccc2)C1c1ccc(C(C)C)cc1. The maximum atomic E-state index is 14.6. The molecule has 1 aliphatic heterocycles. The smallest absolute Gasteiger partial charge is 0.338 e. The van der Waals surface area contributed by atoms with E-state index in [2.05, 4.69) is 27.7 Å². The Labute approximate surface area is 261 Å². The van der Waals surface area contributed by atoms with Crippen LogP contribution in [0.4, 0.5) is 0 Å². The van der Waals surface area contributed by atoms with E-state index >= 15 is 0 Å². The minimum absolute atomic E-state index is 0.0460. The molecule has 1 unspecified atom stereocenters. The lowest BCUT2D eigenvalue weighted by Gasteiger charge is -2.28. The van der Waals surface area contributed by atoms with Crippen LogP contribution in [-0.2, 0) is 19.4 Å². The first-order valence-corrected chi connectivity index (χ1v) is 16.9. The quantitative estimate of drug-likeness (QED) is 0.274. The molecule has 0 amide bonds. The monoisotopic (exact) mass is 628 g/mol. The van der Waals surface area contributed by atoms with Gasteiger partial charge in [0.2, 0.25) is 9.84 Å². The summed E-state index contributed by atoms with van der Waals surface area (Å²) in [6.45, 7) is 10.0. The molecule has 0 spiro atoms. The van der Waals surface area contributed by atoms with Crippen LogP contribution in [0.15, 0.2) is 94.1 Å². The molecule has 9 heteroatoms. The van der Waals surface area contributed by atoms with Gasteiger partial charge in [-0.05, 0) is 59.2 Å². The summed E-state index contributed by atoms with van der Waals surface area (Å²) in [5.74, 6) is -1.42. The lowest BCUT2D eigenvalue weighted by atomic mass is 9.87. The van der Waals surface area contributed by atoms with Crippen LogP contribution in [0.1, 0.15) is 74.6 Å². The Hall–Kier alpha value is -4.21. The fourth-order valence-electron chi connectivity index (χ4n) is 5.34. The standard InChI is InChI=1S/C35H36N2O5S2/c1-6-42-35(39)30-29(26-18-16-25(17-19-26)22(4)5)31(44(40,41)27-10-8-7-9-11-27)34-37(32(30)36)33(38)28(43-34)20-23-12-14-24(15-13-23)21(2)3/h7-22,29H,6,36H2,1-5H3/b28-20-. The van der Waals surface area contributed by atoms with Gasteiger partial charge >= 0.3 is 5.97 Å². The van der Waals surface area contributed by atoms with Gasteiger partial charge in [0.15, 0.2) is 0 Å². The number of hydrogen-bond acceptors (Lipinski definition) is 7. The van der Waals surface area contributed by atoms with Gasteiger partial charge in [-0.1, -0.05) is 94.4 Å². The molecule has 0 radical (unpaired) electrons. The van der Waals surface area contributed by atoms with Crippen LogP contribution in [0, 0.1) is 0 Å². The third-order valence-electron chi connectivity index (χ3n) is 7.78. The van der Waals surface area contributed by atoms with Crippen molar-refractivity contribution in [1.82, 2.24) is 4.57 Å². The van der Waals surface area contributed by atoms with E-state index in [1.807, 2.05) is 48.5 Å². The average Bonchev–Trinajstić information content (AvgIpc) is 3.32. The Balaban J connectivity index is 1.89. The van der Waals surface area contributed by atoms with Gasteiger partial charge < -0.3 is 10.5 Å². The van der Waals surface area contributed by atoms with Crippen molar-refractivity contribution < 1.29 is 17.9 Å². The van der Waals surface area contributed by atoms with E-state index in [4.69, 9.17) is 10.5 Å². The van der Waals surface area contributed by atoms with Crippen molar-refractivity contribution in [3.63, 3.8) is 0 Å². The van der Waals surface area contributed by atoms with E-state index in [0.29, 0.717) is 16.0 Å². The van der Waals surface area contributed by atoms with Crippen molar-refractivity contribution in [3.8, 4) is 0 Å². The van der Waals surface area contributed by atoms with Crippen LogP contribution in [0.5, 0.6) is 0 Å². The summed E-state index contributed by atoms with van der Waals surface area (Å²) in [5, 5.41) is 0. The number of aromatic nitrogens is 1. The van der Waals surface area contributed by atoms with Crippen molar-refractivity contribution in [2.75, 3.05) is 6.61 Å². The number of fused-ring (bicyclic) bond motifs is 1. The molecular formula is C35H36N2O5S2. The van der Waals surface area contributed by atoms with Crippen molar-refractivity contribution in [2.45, 2.75) is 57.3 Å². The van der Waals surface area contributed by atoms with Crippen LogP contribution in [-0.4, -0.2) is 25.6 Å². The number of nitrogens with zero attached hydrogens (tertiary/aromatic N) is 1. The molecule has 44 heavy (non-hydrogen) atoms. The Morgan fingerprint density at radius 2 is 1.50 bits per heavy atom. The summed E-state index contributed by atoms with van der Waals surface area (Å²) in [6, 6.07) is 23.3. The Morgan fingerprint density at radius 3 is 2.05 bits per heavy atom. The second-order valence-electron chi connectivity index (χ2n) is 11.3. The minimum atomic E-state index is -4.24. The predicted molar refractivity (Wildman–Crippen MR) is 176 cm³/mol. The minimum Gasteiger partial charge on any atom is -0.463 e. The topological polar surface area (TPSA) is 108 Å². The zero-order chi connectivity index (χ0) is 31.8. The molecule has 0 saturated carbocycles. The molecule has 3 aromatic carbocycles. The van der Waals surface area contributed by atoms with E-state index < -0.39 is 27.3 Å². The van der Waals surface area contributed by atoms with Crippen LogP contribution in [0.3, 0.4) is 0 Å². The fraction of sp³-hybridized carbons (Fsp3) is 0.257. The molecule has 228 valence electrons.